The lowest BCUT2D eigenvalue weighted by molar-refractivity contribution is -0.145. The molecule has 132 valence electrons. The van der Waals surface area contributed by atoms with Crippen molar-refractivity contribution >= 4 is 35.3 Å². The van der Waals surface area contributed by atoms with Crippen molar-refractivity contribution in [2.24, 2.45) is 0 Å². The number of nitrogens with two attached hydrogens (primary N) is 1. The first-order valence-corrected chi connectivity index (χ1v) is 7.85. The summed E-state index contributed by atoms with van der Waals surface area (Å²) in [4.78, 5) is 37.4. The van der Waals surface area contributed by atoms with Gasteiger partial charge in [0, 0.05) is 31.1 Å². The molecule has 25 heavy (non-hydrogen) atoms. The first-order valence-electron chi connectivity index (χ1n) is 7.47. The predicted octanol–water partition coefficient (Wildman–Crippen LogP) is 1.88. The minimum absolute atomic E-state index is 0.0391. The Hall–Kier alpha value is -2.74. The summed E-state index contributed by atoms with van der Waals surface area (Å²) in [5, 5.41) is 0.546. The van der Waals surface area contributed by atoms with Crippen molar-refractivity contribution in [3.8, 4) is 0 Å². The van der Waals surface area contributed by atoms with Gasteiger partial charge in [-0.05, 0) is 24.3 Å². The number of nitrogen functional groups attached to an aromatic ring is 1. The molecule has 2 rings (SSSR count). The number of halogens is 1. The summed E-state index contributed by atoms with van der Waals surface area (Å²) in [5.41, 5.74) is 6.09. The van der Waals surface area contributed by atoms with Crippen LogP contribution in [0.4, 0.5) is 11.9 Å². The maximum Gasteiger partial charge on any atom is 0.306 e. The van der Waals surface area contributed by atoms with E-state index in [1.807, 2.05) is 0 Å². The molecule has 1 aromatic heterocycles. The number of carbonyl (C=O) groups is 2. The van der Waals surface area contributed by atoms with Crippen LogP contribution in [-0.4, -0.2) is 40.8 Å². The molecule has 0 unspecified atom stereocenters. The molecule has 0 aliphatic heterocycles. The third kappa shape index (κ3) is 5.68. The number of nitrogens with zero attached hydrogens (tertiary/aromatic N) is 4. The molecule has 2 N–H and O–H groups in total. The van der Waals surface area contributed by atoms with E-state index in [0.29, 0.717) is 16.5 Å². The van der Waals surface area contributed by atoms with Gasteiger partial charge < -0.3 is 15.4 Å². The van der Waals surface area contributed by atoms with Gasteiger partial charge in [-0.1, -0.05) is 11.6 Å². The summed E-state index contributed by atoms with van der Waals surface area (Å²) in [7, 11) is 3.51. The molecular formula is C16H18ClN5O3. The van der Waals surface area contributed by atoms with Gasteiger partial charge in [0.2, 0.25) is 11.9 Å². The Morgan fingerprint density at radius 1 is 1.12 bits per heavy atom. The summed E-state index contributed by atoms with van der Waals surface area (Å²) in [5.74, 6) is -0.0201. The lowest BCUT2D eigenvalue weighted by Gasteiger charge is -2.11. The van der Waals surface area contributed by atoms with E-state index in [4.69, 9.17) is 22.1 Å². The fourth-order valence-electron chi connectivity index (χ4n) is 1.90. The summed E-state index contributed by atoms with van der Waals surface area (Å²) in [6, 6.07) is 6.49. The van der Waals surface area contributed by atoms with Gasteiger partial charge in [0.1, 0.15) is 0 Å². The number of esters is 1. The van der Waals surface area contributed by atoms with Crippen LogP contribution < -0.4 is 10.6 Å². The largest absolute Gasteiger partial charge is 0.457 e. The molecule has 0 atom stereocenters. The van der Waals surface area contributed by atoms with E-state index < -0.39 is 5.97 Å². The minimum Gasteiger partial charge on any atom is -0.457 e. The van der Waals surface area contributed by atoms with E-state index in [2.05, 4.69) is 15.0 Å². The molecule has 1 heterocycles. The number of benzene rings is 1. The second kappa shape index (κ2) is 8.39. The first kappa shape index (κ1) is 18.6. The highest BCUT2D eigenvalue weighted by atomic mass is 35.5. The summed E-state index contributed by atoms with van der Waals surface area (Å²) in [6.07, 6.45) is 0.00528. The molecule has 0 amide bonds. The Labute approximate surface area is 150 Å². The molecule has 9 heteroatoms. The minimum atomic E-state index is -0.521. The standard InChI is InChI=1S/C16H18ClN5O3/c1-22(2)16-20-13(19-15(18)21-16)9-25-14(24)8-7-12(23)10-3-5-11(17)6-4-10/h3-6H,7-9H2,1-2H3,(H2,18,19,20,21). The van der Waals surface area contributed by atoms with Crippen LogP contribution >= 0.6 is 11.6 Å². The van der Waals surface area contributed by atoms with Gasteiger partial charge in [0.25, 0.3) is 0 Å². The molecule has 8 nitrogen and oxygen atoms in total. The quantitative estimate of drug-likeness (QED) is 0.586. The van der Waals surface area contributed by atoms with Crippen LogP contribution in [0.1, 0.15) is 29.0 Å². The lowest BCUT2D eigenvalue weighted by atomic mass is 10.1. The molecule has 0 aliphatic carbocycles. The third-order valence-electron chi connectivity index (χ3n) is 3.17. The molecule has 0 radical (unpaired) electrons. The lowest BCUT2D eigenvalue weighted by Crippen LogP contribution is -2.17. The number of hydrogen-bond donors (Lipinski definition) is 1. The van der Waals surface area contributed by atoms with Gasteiger partial charge in [-0.3, -0.25) is 9.59 Å². The highest BCUT2D eigenvalue weighted by Crippen LogP contribution is 2.12. The molecule has 2 aromatic rings. The Kier molecular flexibility index (Phi) is 6.24. The van der Waals surface area contributed by atoms with Crippen molar-refractivity contribution in [2.75, 3.05) is 24.7 Å². The maximum atomic E-state index is 12.0. The number of ketones is 1. The highest BCUT2D eigenvalue weighted by Gasteiger charge is 2.12. The third-order valence-corrected chi connectivity index (χ3v) is 3.42. The van der Waals surface area contributed by atoms with Crippen molar-refractivity contribution in [2.45, 2.75) is 19.4 Å². The van der Waals surface area contributed by atoms with E-state index in [1.54, 1.807) is 43.3 Å². The van der Waals surface area contributed by atoms with E-state index in [9.17, 15) is 9.59 Å². The second-order valence-corrected chi connectivity index (χ2v) is 5.83. The fraction of sp³-hybridized carbons (Fsp3) is 0.312. The van der Waals surface area contributed by atoms with Crippen LogP contribution in [0.3, 0.4) is 0 Å². The van der Waals surface area contributed by atoms with Crippen molar-refractivity contribution in [3.05, 3.63) is 40.7 Å². The number of anilines is 2. The fourth-order valence-corrected chi connectivity index (χ4v) is 2.03. The van der Waals surface area contributed by atoms with Crippen molar-refractivity contribution in [1.82, 2.24) is 15.0 Å². The number of ether oxygens (including phenoxy) is 1. The summed E-state index contributed by atoms with van der Waals surface area (Å²) in [6.45, 7) is -0.137. The van der Waals surface area contributed by atoms with E-state index in [0.717, 1.165) is 0 Å². The average Bonchev–Trinajstić information content (AvgIpc) is 2.58. The Morgan fingerprint density at radius 2 is 1.80 bits per heavy atom. The molecule has 1 aromatic carbocycles. The highest BCUT2D eigenvalue weighted by molar-refractivity contribution is 6.30. The normalized spacial score (nSPS) is 10.4. The Bertz CT molecular complexity index is 765. The van der Waals surface area contributed by atoms with Crippen LogP contribution in [0.2, 0.25) is 5.02 Å². The van der Waals surface area contributed by atoms with Gasteiger partial charge >= 0.3 is 5.97 Å². The topological polar surface area (TPSA) is 111 Å². The molecule has 0 fully saturated rings. The second-order valence-electron chi connectivity index (χ2n) is 5.40. The number of carbonyl (C=O) groups excluding carboxylic acids is 2. The molecular weight excluding hydrogens is 346 g/mol. The Balaban J connectivity index is 1.84. The van der Waals surface area contributed by atoms with Gasteiger partial charge in [-0.2, -0.15) is 15.0 Å². The van der Waals surface area contributed by atoms with E-state index >= 15 is 0 Å². The maximum absolute atomic E-state index is 12.0. The van der Waals surface area contributed by atoms with Gasteiger partial charge in [0.15, 0.2) is 18.2 Å². The first-order chi connectivity index (χ1) is 11.8. The van der Waals surface area contributed by atoms with Crippen LogP contribution in [0.5, 0.6) is 0 Å². The average molecular weight is 364 g/mol. The van der Waals surface area contributed by atoms with E-state index in [-0.39, 0.29) is 37.0 Å². The van der Waals surface area contributed by atoms with Crippen LogP contribution in [0.15, 0.2) is 24.3 Å². The molecule has 0 spiro atoms. The summed E-state index contributed by atoms with van der Waals surface area (Å²) >= 11 is 5.77. The van der Waals surface area contributed by atoms with Gasteiger partial charge in [-0.15, -0.1) is 0 Å². The zero-order chi connectivity index (χ0) is 18.4. The van der Waals surface area contributed by atoms with Crippen LogP contribution in [0.25, 0.3) is 0 Å². The summed E-state index contributed by atoms with van der Waals surface area (Å²) < 4.78 is 5.08. The number of aromatic nitrogens is 3. The number of Topliss-reactive ketones (excluding diaryl/α,β-unsaturated/α-hetero) is 1. The molecule has 0 bridgehead atoms. The van der Waals surface area contributed by atoms with Crippen LogP contribution in [-0.2, 0) is 16.1 Å². The Morgan fingerprint density at radius 3 is 2.44 bits per heavy atom. The molecule has 0 saturated carbocycles. The SMILES string of the molecule is CN(C)c1nc(N)nc(COC(=O)CCC(=O)c2ccc(Cl)cc2)n1. The van der Waals surface area contributed by atoms with Crippen molar-refractivity contribution < 1.29 is 14.3 Å². The predicted molar refractivity (Wildman–Crippen MR) is 93.4 cm³/mol. The van der Waals surface area contributed by atoms with Crippen molar-refractivity contribution in [3.63, 3.8) is 0 Å². The van der Waals surface area contributed by atoms with Gasteiger partial charge in [0.05, 0.1) is 6.42 Å². The number of hydrogen-bond acceptors (Lipinski definition) is 8. The van der Waals surface area contributed by atoms with E-state index in [1.165, 1.54) is 0 Å². The zero-order valence-corrected chi connectivity index (χ0v) is 14.7. The van der Waals surface area contributed by atoms with Crippen molar-refractivity contribution in [1.29, 1.82) is 0 Å². The van der Waals surface area contributed by atoms with Gasteiger partial charge in [-0.25, -0.2) is 0 Å². The monoisotopic (exact) mass is 363 g/mol. The smallest absolute Gasteiger partial charge is 0.306 e. The molecule has 0 saturated heterocycles. The van der Waals surface area contributed by atoms with Crippen LogP contribution in [0, 0.1) is 0 Å². The molecule has 0 aliphatic rings. The number of rotatable bonds is 7. The zero-order valence-electron chi connectivity index (χ0n) is 13.9.